The molecule has 0 aliphatic carbocycles. The molecule has 0 radical (unpaired) electrons. The second-order valence-electron chi connectivity index (χ2n) is 12.2. The fourth-order valence-corrected chi connectivity index (χ4v) is 6.55. The number of nitrogens with two attached hydrogens (primary N) is 1. The van der Waals surface area contributed by atoms with Crippen LogP contribution in [0.4, 0.5) is 23.1 Å². The maximum absolute atomic E-state index is 12.3. The van der Waals surface area contributed by atoms with E-state index in [1.54, 1.807) is 13.4 Å². The molecule has 4 heterocycles. The van der Waals surface area contributed by atoms with E-state index in [2.05, 4.69) is 49.9 Å². The average molecular weight is 637 g/mol. The molecule has 0 amide bonds. The molecule has 0 bridgehead atoms. The lowest BCUT2D eigenvalue weighted by molar-refractivity contribution is -0.139. The Morgan fingerprint density at radius 3 is 2.68 bits per heavy atom. The summed E-state index contributed by atoms with van der Waals surface area (Å²) in [5.41, 5.74) is 12.9. The molecule has 4 aromatic rings. The van der Waals surface area contributed by atoms with Crippen molar-refractivity contribution in [2.75, 3.05) is 54.6 Å². The highest BCUT2D eigenvalue weighted by molar-refractivity contribution is 5.75. The monoisotopic (exact) mass is 636 g/mol. The van der Waals surface area contributed by atoms with Crippen molar-refractivity contribution in [3.8, 4) is 16.9 Å². The zero-order valence-corrected chi connectivity index (χ0v) is 27.1. The lowest BCUT2D eigenvalue weighted by atomic mass is 9.92. The molecule has 1 atom stereocenters. The highest BCUT2D eigenvalue weighted by Gasteiger charge is 2.26. The molecule has 2 aliphatic heterocycles. The average Bonchev–Trinajstić information content (AvgIpc) is 3.11. The van der Waals surface area contributed by atoms with Gasteiger partial charge < -0.3 is 31.1 Å². The number of carbonyl (C=O) groups is 1. The van der Waals surface area contributed by atoms with E-state index in [0.29, 0.717) is 24.0 Å². The molecule has 2 aromatic carbocycles. The van der Waals surface area contributed by atoms with Crippen molar-refractivity contribution in [2.45, 2.75) is 57.5 Å². The van der Waals surface area contributed by atoms with E-state index in [1.165, 1.54) is 11.3 Å². The van der Waals surface area contributed by atoms with E-state index >= 15 is 0 Å². The number of pyridine rings is 1. The largest absolute Gasteiger partial charge is 0.496 e. The number of piperidine rings is 1. The Bertz CT molecular complexity index is 1690. The zero-order chi connectivity index (χ0) is 32.8. The first-order valence-electron chi connectivity index (χ1n) is 16.5. The fraction of sp³-hybridized carbons (Fsp3) is 0.389. The summed E-state index contributed by atoms with van der Waals surface area (Å²) in [6.45, 7) is 5.35. The van der Waals surface area contributed by atoms with Gasteiger partial charge in [-0.1, -0.05) is 31.2 Å². The number of aromatic nitrogens is 3. The van der Waals surface area contributed by atoms with Gasteiger partial charge in [0.1, 0.15) is 35.6 Å². The van der Waals surface area contributed by atoms with Crippen LogP contribution in [0.5, 0.6) is 5.75 Å². The minimum atomic E-state index is -0.940. The van der Waals surface area contributed by atoms with Crippen molar-refractivity contribution in [1.29, 1.82) is 0 Å². The number of nitrogens with one attached hydrogen (secondary N) is 3. The van der Waals surface area contributed by atoms with Gasteiger partial charge in [-0.2, -0.15) is 0 Å². The Hall–Kier alpha value is -4.90. The van der Waals surface area contributed by atoms with E-state index < -0.39 is 12.0 Å². The summed E-state index contributed by atoms with van der Waals surface area (Å²) in [6.07, 6.45) is 6.54. The molecule has 6 N–H and O–H groups in total. The first-order valence-corrected chi connectivity index (χ1v) is 16.5. The number of methoxy groups -OCH3 is 1. The Morgan fingerprint density at radius 2 is 1.94 bits per heavy atom. The maximum atomic E-state index is 12.3. The van der Waals surface area contributed by atoms with Crippen LogP contribution in [-0.2, 0) is 24.2 Å². The number of benzene rings is 2. The number of nitrogen functional groups attached to an aromatic ring is 1. The van der Waals surface area contributed by atoms with Gasteiger partial charge in [0.25, 0.3) is 0 Å². The second-order valence-corrected chi connectivity index (χ2v) is 12.2. The molecular weight excluding hydrogens is 592 g/mol. The van der Waals surface area contributed by atoms with E-state index in [0.717, 1.165) is 91.4 Å². The molecule has 2 aromatic heterocycles. The number of ether oxygens (including phenoxy) is 1. The number of carboxylic acids is 1. The normalized spacial score (nSPS) is 15.4. The molecule has 1 saturated heterocycles. The molecule has 246 valence electrons. The van der Waals surface area contributed by atoms with Crippen LogP contribution in [0.1, 0.15) is 54.5 Å². The van der Waals surface area contributed by atoms with E-state index in [4.69, 9.17) is 15.5 Å². The van der Waals surface area contributed by atoms with Gasteiger partial charge in [0.2, 0.25) is 0 Å². The molecule has 1 fully saturated rings. The first-order chi connectivity index (χ1) is 22.9. The van der Waals surface area contributed by atoms with Crippen molar-refractivity contribution in [3.05, 3.63) is 83.3 Å². The van der Waals surface area contributed by atoms with Crippen LogP contribution in [0.15, 0.2) is 60.9 Å². The quantitative estimate of drug-likeness (QED) is 0.132. The van der Waals surface area contributed by atoms with Gasteiger partial charge in [0.05, 0.1) is 7.11 Å². The number of carboxylic acid groups (broad SMARTS) is 1. The summed E-state index contributed by atoms with van der Waals surface area (Å²) >= 11 is 0. The topological polar surface area (TPSA) is 151 Å². The summed E-state index contributed by atoms with van der Waals surface area (Å²) in [5.74, 6) is 2.85. The van der Waals surface area contributed by atoms with Crippen molar-refractivity contribution >= 4 is 29.1 Å². The van der Waals surface area contributed by atoms with Crippen molar-refractivity contribution < 1.29 is 14.6 Å². The summed E-state index contributed by atoms with van der Waals surface area (Å²) in [4.78, 5) is 28.8. The number of anilines is 4. The summed E-state index contributed by atoms with van der Waals surface area (Å²) in [7, 11) is 1.64. The van der Waals surface area contributed by atoms with Crippen molar-refractivity contribution in [3.63, 3.8) is 0 Å². The summed E-state index contributed by atoms with van der Waals surface area (Å²) in [5, 5.41) is 20.0. The molecule has 11 heteroatoms. The molecule has 6 rings (SSSR count). The van der Waals surface area contributed by atoms with Crippen LogP contribution < -0.4 is 31.3 Å². The lowest BCUT2D eigenvalue weighted by Crippen LogP contribution is -2.42. The number of rotatable bonds is 12. The number of fused-ring (bicyclic) bond motifs is 1. The van der Waals surface area contributed by atoms with Gasteiger partial charge in [0.15, 0.2) is 0 Å². The maximum Gasteiger partial charge on any atom is 0.322 e. The number of nitrogens with zero attached hydrogens (tertiary/aromatic N) is 4. The van der Waals surface area contributed by atoms with Crippen LogP contribution >= 0.6 is 0 Å². The predicted molar refractivity (Wildman–Crippen MR) is 186 cm³/mol. The highest BCUT2D eigenvalue weighted by atomic mass is 16.5. The second kappa shape index (κ2) is 14.7. The minimum absolute atomic E-state index is 0.167. The Morgan fingerprint density at radius 1 is 1.13 bits per heavy atom. The standard InChI is InChI=1S/C36H44N8O3/c1-3-28-34(41-22-42-35(28)44-17-14-25(15-18-44)30-12-9-26-5-4-16-38-33(26)43-30)40-21-31(36(45)46)39-20-23-6-13-32(47-2)29(19-23)24-7-10-27(37)11-8-24/h6-13,19,22,25,31,39H,3-5,14-18,20-21,37H2,1-2H3,(H,38,43)(H,45,46)(H,40,41,42)/t31-/m0/s1. The third kappa shape index (κ3) is 7.41. The van der Waals surface area contributed by atoms with Crippen LogP contribution in [0, 0.1) is 0 Å². The smallest absolute Gasteiger partial charge is 0.322 e. The van der Waals surface area contributed by atoms with Crippen molar-refractivity contribution in [1.82, 2.24) is 20.3 Å². The number of hydrogen-bond donors (Lipinski definition) is 5. The highest BCUT2D eigenvalue weighted by Crippen LogP contribution is 2.34. The van der Waals surface area contributed by atoms with Gasteiger partial charge in [0, 0.05) is 61.1 Å². The Balaban J connectivity index is 1.09. The van der Waals surface area contributed by atoms with Gasteiger partial charge >= 0.3 is 5.97 Å². The van der Waals surface area contributed by atoms with Crippen LogP contribution in [0.3, 0.4) is 0 Å². The SMILES string of the molecule is CCc1c(NC[C@H](NCc2ccc(OC)c(-c3ccc(N)cc3)c2)C(=O)O)ncnc1N1CCC(c2ccc3c(n2)NCCC3)CC1. The van der Waals surface area contributed by atoms with Crippen LogP contribution in [0.25, 0.3) is 11.1 Å². The van der Waals surface area contributed by atoms with Gasteiger partial charge in [-0.05, 0) is 79.1 Å². The zero-order valence-electron chi connectivity index (χ0n) is 27.1. The van der Waals surface area contributed by atoms with Crippen LogP contribution in [-0.4, -0.2) is 65.4 Å². The molecule has 0 spiro atoms. The van der Waals surface area contributed by atoms with E-state index in [9.17, 15) is 9.90 Å². The molecular formula is C36H44N8O3. The third-order valence-electron chi connectivity index (χ3n) is 9.21. The van der Waals surface area contributed by atoms with Gasteiger partial charge in [-0.15, -0.1) is 0 Å². The van der Waals surface area contributed by atoms with E-state index in [1.807, 2.05) is 42.5 Å². The molecule has 0 unspecified atom stereocenters. The lowest BCUT2D eigenvalue weighted by Gasteiger charge is -2.34. The number of hydrogen-bond acceptors (Lipinski definition) is 10. The van der Waals surface area contributed by atoms with Crippen LogP contribution in [0.2, 0.25) is 0 Å². The molecule has 47 heavy (non-hydrogen) atoms. The Labute approximate surface area is 276 Å². The van der Waals surface area contributed by atoms with Crippen molar-refractivity contribution in [2.24, 2.45) is 0 Å². The summed E-state index contributed by atoms with van der Waals surface area (Å²) < 4.78 is 5.58. The summed E-state index contributed by atoms with van der Waals surface area (Å²) in [6, 6.07) is 17.0. The fourth-order valence-electron chi connectivity index (χ4n) is 6.55. The molecule has 0 saturated carbocycles. The third-order valence-corrected chi connectivity index (χ3v) is 9.21. The number of aliphatic carboxylic acids is 1. The predicted octanol–water partition coefficient (Wildman–Crippen LogP) is 5.09. The first kappa shape index (κ1) is 32.1. The number of aryl methyl sites for hydroxylation is 1. The van der Waals surface area contributed by atoms with Gasteiger partial charge in [-0.25, -0.2) is 15.0 Å². The van der Waals surface area contributed by atoms with E-state index in [-0.39, 0.29) is 6.54 Å². The molecule has 11 nitrogen and oxygen atoms in total. The minimum Gasteiger partial charge on any atom is -0.496 e. The molecule has 2 aliphatic rings. The van der Waals surface area contributed by atoms with Gasteiger partial charge in [-0.3, -0.25) is 10.1 Å². The Kier molecular flexibility index (Phi) is 10.0.